The van der Waals surface area contributed by atoms with E-state index in [-0.39, 0.29) is 5.70 Å². The molecule has 0 rings (SSSR count). The second-order valence-electron chi connectivity index (χ2n) is 5.73. The fourth-order valence-electron chi connectivity index (χ4n) is 2.30. The summed E-state index contributed by atoms with van der Waals surface area (Å²) in [5.41, 5.74) is -0.322. The molecule has 0 aliphatic carbocycles. The lowest BCUT2D eigenvalue weighted by Crippen LogP contribution is -2.25. The number of hydrogen-bond acceptors (Lipinski definition) is 1. The monoisotopic (exact) mass is 337 g/mol. The zero-order chi connectivity index (χ0) is 17.2. The third-order valence-electron chi connectivity index (χ3n) is 3.73. The van der Waals surface area contributed by atoms with Crippen LogP contribution in [-0.4, -0.2) is 25.2 Å². The lowest BCUT2D eigenvalue weighted by molar-refractivity contribution is -0.0892. The average Bonchev–Trinajstić information content (AvgIpc) is 2.43. The van der Waals surface area contributed by atoms with E-state index in [0.29, 0.717) is 12.5 Å². The van der Waals surface area contributed by atoms with E-state index in [9.17, 15) is 13.2 Å². The minimum Gasteiger partial charge on any atom is -0.388 e. The average molecular weight is 337 g/mol. The zero-order valence-corrected chi connectivity index (χ0v) is 15.5. The molecule has 1 nitrogen and oxygen atoms in total. The van der Waals surface area contributed by atoms with Crippen molar-refractivity contribution in [2.75, 3.05) is 13.2 Å². The standard InChI is InChI=1S/C17H31F3NP/c1-6-9-15(10-7-2)13-21-14(4)16(17(18,19)20)11-12-22(5)8-3/h8,11-12,15,21-22H,6-7,9-10,13H2,1-5H3/b12-11-,16-14-. The Kier molecular flexibility index (Phi) is 10.7. The van der Waals surface area contributed by atoms with Gasteiger partial charge in [-0.15, -0.1) is 7.55 Å². The van der Waals surface area contributed by atoms with Crippen LogP contribution < -0.4 is 5.32 Å². The molecule has 0 aromatic heterocycles. The Morgan fingerprint density at radius 1 is 1.18 bits per heavy atom. The summed E-state index contributed by atoms with van der Waals surface area (Å²) in [4.78, 5) is 0. The lowest BCUT2D eigenvalue weighted by atomic mass is 9.98. The van der Waals surface area contributed by atoms with Gasteiger partial charge in [0.15, 0.2) is 0 Å². The van der Waals surface area contributed by atoms with E-state index in [1.807, 2.05) is 19.4 Å². The number of rotatable bonds is 9. The lowest BCUT2D eigenvalue weighted by Gasteiger charge is -2.19. The molecule has 0 amide bonds. The topological polar surface area (TPSA) is 12.0 Å². The molecule has 0 aromatic carbocycles. The largest absolute Gasteiger partial charge is 0.418 e. The van der Waals surface area contributed by atoms with Crippen molar-refractivity contribution in [3.8, 4) is 0 Å². The van der Waals surface area contributed by atoms with Crippen molar-refractivity contribution >= 4 is 13.3 Å². The maximum absolute atomic E-state index is 13.2. The van der Waals surface area contributed by atoms with Crippen LogP contribution in [0.25, 0.3) is 0 Å². The molecular weight excluding hydrogens is 306 g/mol. The molecule has 0 spiro atoms. The molecule has 0 radical (unpaired) electrons. The number of alkyl halides is 3. The Labute approximate surface area is 134 Å². The minimum atomic E-state index is -4.31. The second-order valence-corrected chi connectivity index (χ2v) is 8.13. The highest BCUT2D eigenvalue weighted by Gasteiger charge is 2.33. The fourth-order valence-corrected chi connectivity index (χ4v) is 2.92. The minimum absolute atomic E-state index is 0.229. The second kappa shape index (κ2) is 11.0. The van der Waals surface area contributed by atoms with E-state index < -0.39 is 19.3 Å². The number of allylic oxidation sites excluding steroid dienone is 3. The van der Waals surface area contributed by atoms with Crippen LogP contribution in [0.2, 0.25) is 0 Å². The maximum Gasteiger partial charge on any atom is 0.418 e. The van der Waals surface area contributed by atoms with Gasteiger partial charge in [0.25, 0.3) is 0 Å². The van der Waals surface area contributed by atoms with Gasteiger partial charge in [-0.2, -0.15) is 13.2 Å². The number of hydrogen-bond donors (Lipinski definition) is 1. The van der Waals surface area contributed by atoms with Crippen LogP contribution in [0.4, 0.5) is 13.2 Å². The van der Waals surface area contributed by atoms with Crippen LogP contribution in [-0.2, 0) is 0 Å². The van der Waals surface area contributed by atoms with Gasteiger partial charge in [0, 0.05) is 12.2 Å². The third kappa shape index (κ3) is 8.73. The van der Waals surface area contributed by atoms with Crippen LogP contribution in [0.3, 0.4) is 0 Å². The first-order chi connectivity index (χ1) is 10.3. The van der Waals surface area contributed by atoms with Crippen molar-refractivity contribution in [2.24, 2.45) is 5.92 Å². The Morgan fingerprint density at radius 2 is 1.73 bits per heavy atom. The first kappa shape index (κ1) is 21.4. The normalized spacial score (nSPS) is 15.5. The highest BCUT2D eigenvalue weighted by Crippen LogP contribution is 2.31. The van der Waals surface area contributed by atoms with Gasteiger partial charge in [0.2, 0.25) is 0 Å². The summed E-state index contributed by atoms with van der Waals surface area (Å²) in [6.45, 7) is 10.2. The molecule has 0 bridgehead atoms. The highest BCUT2D eigenvalue weighted by atomic mass is 31.1. The third-order valence-corrected chi connectivity index (χ3v) is 5.33. The molecule has 130 valence electrons. The summed E-state index contributed by atoms with van der Waals surface area (Å²) < 4.78 is 39.6. The molecule has 1 N–H and O–H groups in total. The molecule has 0 aromatic rings. The van der Waals surface area contributed by atoms with Crippen LogP contribution in [0.1, 0.15) is 53.4 Å². The van der Waals surface area contributed by atoms with Crippen molar-refractivity contribution in [3.05, 3.63) is 23.2 Å². The van der Waals surface area contributed by atoms with E-state index >= 15 is 0 Å². The zero-order valence-electron chi connectivity index (χ0n) is 14.5. The highest BCUT2D eigenvalue weighted by molar-refractivity contribution is 7.59. The SMILES string of the molecule is C/C=[PH](C)/C=C\C(=C(/C)NCC(CCC)CCC)C(F)(F)F. The van der Waals surface area contributed by atoms with Gasteiger partial charge in [0.05, 0.1) is 5.57 Å². The van der Waals surface area contributed by atoms with Gasteiger partial charge in [-0.25, -0.2) is 0 Å². The van der Waals surface area contributed by atoms with Crippen molar-refractivity contribution in [2.45, 2.75) is 59.6 Å². The first-order valence-corrected chi connectivity index (χ1v) is 10.2. The van der Waals surface area contributed by atoms with Crippen molar-refractivity contribution < 1.29 is 13.2 Å². The van der Waals surface area contributed by atoms with Gasteiger partial charge in [0.1, 0.15) is 0 Å². The molecule has 5 heteroatoms. The quantitative estimate of drug-likeness (QED) is 0.413. The fraction of sp³-hybridized carbons (Fsp3) is 0.706. The summed E-state index contributed by atoms with van der Waals surface area (Å²) >= 11 is 0. The summed E-state index contributed by atoms with van der Waals surface area (Å²) in [6, 6.07) is 0. The summed E-state index contributed by atoms with van der Waals surface area (Å²) in [7, 11) is -0.932. The van der Waals surface area contributed by atoms with Crippen LogP contribution in [0, 0.1) is 5.92 Å². The van der Waals surface area contributed by atoms with Gasteiger partial charge in [-0.1, -0.05) is 38.3 Å². The Hall–Kier alpha value is -0.630. The molecule has 0 aliphatic rings. The smallest absolute Gasteiger partial charge is 0.388 e. The molecule has 0 saturated carbocycles. The van der Waals surface area contributed by atoms with Gasteiger partial charge in [-0.05, 0) is 45.3 Å². The molecule has 0 fully saturated rings. The maximum atomic E-state index is 13.2. The first-order valence-electron chi connectivity index (χ1n) is 8.09. The molecule has 0 saturated heterocycles. The van der Waals surface area contributed by atoms with E-state index in [4.69, 9.17) is 0 Å². The van der Waals surface area contributed by atoms with Gasteiger partial charge >= 0.3 is 6.18 Å². The van der Waals surface area contributed by atoms with Crippen molar-refractivity contribution in [1.82, 2.24) is 5.32 Å². The Balaban J connectivity index is 5.07. The molecule has 0 aliphatic heterocycles. The molecule has 1 unspecified atom stereocenters. The van der Waals surface area contributed by atoms with E-state index in [0.717, 1.165) is 25.7 Å². The van der Waals surface area contributed by atoms with Crippen molar-refractivity contribution in [1.29, 1.82) is 0 Å². The predicted octanol–water partition coefficient (Wildman–Crippen LogP) is 5.81. The van der Waals surface area contributed by atoms with E-state index in [2.05, 4.69) is 19.2 Å². The van der Waals surface area contributed by atoms with Crippen LogP contribution in [0.5, 0.6) is 0 Å². The number of halogens is 3. The molecule has 1 atom stereocenters. The van der Waals surface area contributed by atoms with E-state index in [1.165, 1.54) is 13.0 Å². The predicted molar refractivity (Wildman–Crippen MR) is 95.2 cm³/mol. The van der Waals surface area contributed by atoms with Crippen LogP contribution >= 0.6 is 7.55 Å². The Bertz CT molecular complexity index is 403. The summed E-state index contributed by atoms with van der Waals surface area (Å²) in [5, 5.41) is 3.01. The van der Waals surface area contributed by atoms with Crippen molar-refractivity contribution in [3.63, 3.8) is 0 Å². The molecule has 0 heterocycles. The Morgan fingerprint density at radius 3 is 2.14 bits per heavy atom. The van der Waals surface area contributed by atoms with Gasteiger partial charge in [-0.3, -0.25) is 0 Å². The van der Waals surface area contributed by atoms with Gasteiger partial charge < -0.3 is 5.32 Å². The number of nitrogens with one attached hydrogen (secondary N) is 1. The molecular formula is C17H31F3NP. The molecule has 22 heavy (non-hydrogen) atoms. The van der Waals surface area contributed by atoms with E-state index in [1.54, 1.807) is 5.82 Å². The van der Waals surface area contributed by atoms with Crippen LogP contribution in [0.15, 0.2) is 23.2 Å². The summed E-state index contributed by atoms with van der Waals surface area (Å²) in [6.07, 6.45) is 1.17. The summed E-state index contributed by atoms with van der Waals surface area (Å²) in [5.74, 6) is 4.10.